The second-order valence-electron chi connectivity index (χ2n) is 10.5. The van der Waals surface area contributed by atoms with E-state index in [1.165, 1.54) is 0 Å². The fourth-order valence-electron chi connectivity index (χ4n) is 5.11. The number of ketones is 1. The van der Waals surface area contributed by atoms with Crippen LogP contribution in [0.25, 0.3) is 0 Å². The monoisotopic (exact) mass is 572 g/mol. The van der Waals surface area contributed by atoms with Gasteiger partial charge in [0.05, 0.1) is 17.6 Å². The number of nitrogens with one attached hydrogen (secondary N) is 4. The van der Waals surface area contributed by atoms with Crippen molar-refractivity contribution in [1.82, 2.24) is 16.0 Å². The largest absolute Gasteiger partial charge is 0.482 e. The zero-order chi connectivity index (χ0) is 29.3. The molecular formula is C28H27F3N4O6. The lowest BCUT2D eigenvalue weighted by atomic mass is 9.91. The van der Waals surface area contributed by atoms with Crippen LogP contribution < -0.4 is 26.0 Å². The lowest BCUT2D eigenvalue weighted by Crippen LogP contribution is -2.54. The summed E-state index contributed by atoms with van der Waals surface area (Å²) in [7, 11) is 0. The van der Waals surface area contributed by atoms with Crippen molar-refractivity contribution in [3.8, 4) is 5.75 Å². The van der Waals surface area contributed by atoms with E-state index in [2.05, 4.69) is 21.3 Å². The third kappa shape index (κ3) is 6.34. The quantitative estimate of drug-likeness (QED) is 0.308. The summed E-state index contributed by atoms with van der Waals surface area (Å²) >= 11 is 0. The number of para-hydroxylation sites is 1. The fourth-order valence-corrected chi connectivity index (χ4v) is 5.11. The van der Waals surface area contributed by atoms with E-state index in [9.17, 15) is 37.1 Å². The molecule has 3 aliphatic rings. The second-order valence-corrected chi connectivity index (χ2v) is 10.5. The summed E-state index contributed by atoms with van der Waals surface area (Å²) < 4.78 is 48.4. The van der Waals surface area contributed by atoms with Gasteiger partial charge in [-0.2, -0.15) is 4.39 Å². The summed E-state index contributed by atoms with van der Waals surface area (Å²) in [6.07, 6.45) is 1.65. The zero-order valence-corrected chi connectivity index (χ0v) is 21.7. The number of rotatable bonds is 6. The molecule has 4 amide bonds. The van der Waals surface area contributed by atoms with Gasteiger partial charge in [0.2, 0.25) is 17.6 Å². The number of amides is 4. The minimum atomic E-state index is -1.52. The predicted octanol–water partition coefficient (Wildman–Crippen LogP) is 2.04. The van der Waals surface area contributed by atoms with Crippen LogP contribution in [0.5, 0.6) is 5.75 Å². The first-order valence-electron chi connectivity index (χ1n) is 13.2. The van der Waals surface area contributed by atoms with E-state index < -0.39 is 88.8 Å². The van der Waals surface area contributed by atoms with Crippen LogP contribution in [-0.4, -0.2) is 48.1 Å². The highest BCUT2D eigenvalue weighted by Crippen LogP contribution is 2.40. The lowest BCUT2D eigenvalue weighted by Gasteiger charge is -2.25. The van der Waals surface area contributed by atoms with Gasteiger partial charge < -0.3 is 26.0 Å². The van der Waals surface area contributed by atoms with Gasteiger partial charge in [0.25, 0.3) is 0 Å². The maximum absolute atomic E-state index is 14.6. The fraction of sp³-hybridized carbons (Fsp3) is 0.393. The van der Waals surface area contributed by atoms with Crippen molar-refractivity contribution in [1.29, 1.82) is 0 Å². The highest BCUT2D eigenvalue weighted by molar-refractivity contribution is 6.40. The van der Waals surface area contributed by atoms with Gasteiger partial charge in [-0.25, -0.2) is 8.78 Å². The molecule has 2 aromatic carbocycles. The number of benzene rings is 2. The molecule has 4 N–H and O–H groups in total. The Morgan fingerprint density at radius 2 is 1.73 bits per heavy atom. The number of fused-ring (bicyclic) bond motifs is 4. The SMILES string of the molecule is O=C(Nc1ccccc1)C(=O)N[C@@H](CC1CC1)C(=O)N[C@H]1C[C@@H]2CC(NC2=O)c2c(F)cc(F)c(F)c2OCC1=O. The first kappa shape index (κ1) is 28.1. The van der Waals surface area contributed by atoms with Crippen LogP contribution >= 0.6 is 0 Å². The number of ether oxygens (including phenoxy) is 1. The normalized spacial score (nSPS) is 22.5. The van der Waals surface area contributed by atoms with E-state index in [0.29, 0.717) is 11.8 Å². The van der Waals surface area contributed by atoms with Crippen molar-refractivity contribution in [3.05, 3.63) is 59.4 Å². The topological polar surface area (TPSA) is 143 Å². The van der Waals surface area contributed by atoms with Gasteiger partial charge in [0, 0.05) is 17.7 Å². The van der Waals surface area contributed by atoms with Crippen molar-refractivity contribution in [3.63, 3.8) is 0 Å². The molecule has 4 atom stereocenters. The second kappa shape index (κ2) is 11.6. The van der Waals surface area contributed by atoms with Crippen LogP contribution in [0, 0.1) is 29.3 Å². The van der Waals surface area contributed by atoms with Crippen LogP contribution in [-0.2, 0) is 24.0 Å². The summed E-state index contributed by atoms with van der Waals surface area (Å²) in [4.78, 5) is 64.1. The molecule has 5 rings (SSSR count). The molecule has 13 heteroatoms. The van der Waals surface area contributed by atoms with Gasteiger partial charge in [-0.1, -0.05) is 31.0 Å². The van der Waals surface area contributed by atoms with E-state index in [-0.39, 0.29) is 25.2 Å². The summed E-state index contributed by atoms with van der Waals surface area (Å²) in [5, 5.41) is 9.92. The van der Waals surface area contributed by atoms with E-state index in [1.807, 2.05) is 0 Å². The number of hydrogen-bond acceptors (Lipinski definition) is 6. The average Bonchev–Trinajstić information content (AvgIpc) is 3.69. The van der Waals surface area contributed by atoms with E-state index >= 15 is 0 Å². The zero-order valence-electron chi connectivity index (χ0n) is 21.7. The Morgan fingerprint density at radius 1 is 1.00 bits per heavy atom. The Kier molecular flexibility index (Phi) is 7.95. The molecule has 2 heterocycles. The summed E-state index contributed by atoms with van der Waals surface area (Å²) in [5.74, 6) is -9.82. The molecule has 1 saturated heterocycles. The van der Waals surface area contributed by atoms with Crippen LogP contribution in [0.2, 0.25) is 0 Å². The number of hydrogen-bond donors (Lipinski definition) is 4. The summed E-state index contributed by atoms with van der Waals surface area (Å²) in [6, 6.07) is 5.11. The maximum Gasteiger partial charge on any atom is 0.313 e. The van der Waals surface area contributed by atoms with Gasteiger partial charge in [0.1, 0.15) is 18.5 Å². The molecular weight excluding hydrogens is 545 g/mol. The van der Waals surface area contributed by atoms with Crippen molar-refractivity contribution in [2.24, 2.45) is 11.8 Å². The van der Waals surface area contributed by atoms with Crippen molar-refractivity contribution < 1.29 is 41.9 Å². The first-order chi connectivity index (χ1) is 19.6. The standard InChI is InChI=1S/C28H27F3N4O6/c29-16-11-17(30)23(31)24-22(16)19-10-14(25(37)34-19)9-18(21(36)12-41-24)33-26(38)20(8-13-6-7-13)35-28(40)27(39)32-15-4-2-1-3-5-15/h1-5,11,13-14,18-20H,6-10,12H2,(H,32,39)(H,33,38)(H,34,37)(H,35,40)/t14-,18+,19?,20+/m1/s1. The van der Waals surface area contributed by atoms with Gasteiger partial charge in [-0.3, -0.25) is 24.0 Å². The summed E-state index contributed by atoms with van der Waals surface area (Å²) in [6.45, 7) is -0.843. The predicted molar refractivity (Wildman–Crippen MR) is 137 cm³/mol. The van der Waals surface area contributed by atoms with Gasteiger partial charge in [0.15, 0.2) is 17.3 Å². The molecule has 2 fully saturated rings. The molecule has 1 aliphatic carbocycles. The number of halogens is 3. The molecule has 2 bridgehead atoms. The Balaban J connectivity index is 1.32. The van der Waals surface area contributed by atoms with E-state index in [4.69, 9.17) is 4.74 Å². The Morgan fingerprint density at radius 3 is 2.44 bits per heavy atom. The molecule has 0 aromatic heterocycles. The van der Waals surface area contributed by atoms with E-state index in [0.717, 1.165) is 12.8 Å². The number of anilines is 1. The minimum absolute atomic E-state index is 0.0568. The molecule has 2 aliphatic heterocycles. The Hall–Kier alpha value is -4.42. The highest BCUT2D eigenvalue weighted by Gasteiger charge is 2.42. The molecule has 41 heavy (non-hydrogen) atoms. The van der Waals surface area contributed by atoms with Gasteiger partial charge in [-0.15, -0.1) is 0 Å². The van der Waals surface area contributed by atoms with Gasteiger partial charge in [-0.05, 0) is 37.3 Å². The smallest absolute Gasteiger partial charge is 0.313 e. The average molecular weight is 573 g/mol. The lowest BCUT2D eigenvalue weighted by molar-refractivity contribution is -0.138. The van der Waals surface area contributed by atoms with Crippen molar-refractivity contribution in [2.45, 2.75) is 50.2 Å². The molecule has 1 saturated carbocycles. The summed E-state index contributed by atoms with van der Waals surface area (Å²) in [5.41, 5.74) is -0.00936. The first-order valence-corrected chi connectivity index (χ1v) is 13.2. The maximum atomic E-state index is 14.6. The van der Waals surface area contributed by atoms with Crippen molar-refractivity contribution in [2.75, 3.05) is 11.9 Å². The number of carbonyl (C=O) groups excluding carboxylic acids is 5. The molecule has 10 nitrogen and oxygen atoms in total. The Bertz CT molecular complexity index is 1400. The van der Waals surface area contributed by atoms with Crippen LogP contribution in [0.15, 0.2) is 36.4 Å². The molecule has 216 valence electrons. The van der Waals surface area contributed by atoms with Crippen LogP contribution in [0.4, 0.5) is 18.9 Å². The Labute approximate surface area is 232 Å². The molecule has 0 radical (unpaired) electrons. The minimum Gasteiger partial charge on any atom is -0.482 e. The van der Waals surface area contributed by atoms with Crippen LogP contribution in [0.1, 0.15) is 43.7 Å². The number of Topliss-reactive ketones (excluding diaryl/α,β-unsaturated/α-hetero) is 1. The molecule has 1 unspecified atom stereocenters. The third-order valence-electron chi connectivity index (χ3n) is 7.43. The van der Waals surface area contributed by atoms with Crippen LogP contribution in [0.3, 0.4) is 0 Å². The number of carbonyl (C=O) groups is 5. The van der Waals surface area contributed by atoms with Crippen molar-refractivity contribution >= 4 is 35.1 Å². The highest BCUT2D eigenvalue weighted by atomic mass is 19.2. The van der Waals surface area contributed by atoms with Gasteiger partial charge >= 0.3 is 11.8 Å². The molecule has 0 spiro atoms. The molecule has 2 aromatic rings. The van der Waals surface area contributed by atoms with E-state index in [1.54, 1.807) is 30.3 Å². The third-order valence-corrected chi connectivity index (χ3v) is 7.43.